The number of nitrogens with one attached hydrogen (secondary N) is 1. The lowest BCUT2D eigenvalue weighted by Gasteiger charge is -2.59. The fourth-order valence-electron chi connectivity index (χ4n) is 5.87. The van der Waals surface area contributed by atoms with Gasteiger partial charge in [0.1, 0.15) is 0 Å². The van der Waals surface area contributed by atoms with Crippen LogP contribution in [0.3, 0.4) is 0 Å². The van der Waals surface area contributed by atoms with E-state index in [1.54, 1.807) is 17.4 Å². The van der Waals surface area contributed by atoms with Crippen LogP contribution in [-0.2, 0) is 14.3 Å². The van der Waals surface area contributed by atoms with Gasteiger partial charge in [-0.15, -0.1) is 11.3 Å². The number of esters is 1. The molecule has 0 aliphatic heterocycles. The van der Waals surface area contributed by atoms with E-state index in [0.717, 1.165) is 22.6 Å². The summed E-state index contributed by atoms with van der Waals surface area (Å²) in [4.78, 5) is 25.0. The van der Waals surface area contributed by atoms with Crippen LogP contribution >= 0.6 is 11.3 Å². The van der Waals surface area contributed by atoms with E-state index in [4.69, 9.17) is 4.74 Å². The molecule has 0 aromatic carbocycles. The average molecular weight is 374 g/mol. The fourth-order valence-corrected chi connectivity index (χ4v) is 6.48. The van der Waals surface area contributed by atoms with Gasteiger partial charge in [-0.05, 0) is 86.1 Å². The summed E-state index contributed by atoms with van der Waals surface area (Å²) < 4.78 is 5.09. The molecule has 1 amide bonds. The summed E-state index contributed by atoms with van der Waals surface area (Å²) in [6, 6.07) is 4.01. The molecule has 4 aliphatic rings. The minimum Gasteiger partial charge on any atom is -0.452 e. The minimum atomic E-state index is -0.476. The molecule has 5 rings (SSSR count). The second kappa shape index (κ2) is 7.18. The van der Waals surface area contributed by atoms with Gasteiger partial charge in [0.2, 0.25) is 0 Å². The van der Waals surface area contributed by atoms with Crippen LogP contribution in [0.15, 0.2) is 23.6 Å². The third-order valence-corrected chi connectivity index (χ3v) is 7.49. The first-order valence-corrected chi connectivity index (χ1v) is 10.6. The Morgan fingerprint density at radius 2 is 1.92 bits per heavy atom. The highest BCUT2D eigenvalue weighted by atomic mass is 32.1. The zero-order valence-corrected chi connectivity index (χ0v) is 16.1. The summed E-state index contributed by atoms with van der Waals surface area (Å²) in [5.74, 6) is 1.92. The van der Waals surface area contributed by atoms with E-state index in [1.165, 1.54) is 44.6 Å². The Kier molecular flexibility index (Phi) is 4.91. The molecule has 0 radical (unpaired) electrons. The minimum absolute atomic E-state index is 0.156. The predicted molar refractivity (Wildman–Crippen MR) is 103 cm³/mol. The Bertz CT molecular complexity index is 659. The first-order chi connectivity index (χ1) is 12.5. The summed E-state index contributed by atoms with van der Waals surface area (Å²) in [5, 5.41) is 5.07. The van der Waals surface area contributed by atoms with Gasteiger partial charge in [-0.2, -0.15) is 0 Å². The Hall–Kier alpha value is -1.62. The van der Waals surface area contributed by atoms with E-state index in [2.05, 4.69) is 12.2 Å². The number of ether oxygens (including phenoxy) is 1. The van der Waals surface area contributed by atoms with Crippen molar-refractivity contribution in [2.75, 3.05) is 6.61 Å². The highest BCUT2D eigenvalue weighted by Gasteiger charge is 2.53. The van der Waals surface area contributed by atoms with Crippen molar-refractivity contribution in [2.45, 2.75) is 51.5 Å². The van der Waals surface area contributed by atoms with Crippen molar-refractivity contribution in [3.63, 3.8) is 0 Å². The monoisotopic (exact) mass is 373 g/mol. The van der Waals surface area contributed by atoms with Crippen LogP contribution in [0.2, 0.25) is 0 Å². The van der Waals surface area contributed by atoms with Crippen LogP contribution in [-0.4, -0.2) is 24.5 Å². The van der Waals surface area contributed by atoms with Crippen LogP contribution in [0, 0.1) is 23.2 Å². The topological polar surface area (TPSA) is 55.4 Å². The second-order valence-electron chi connectivity index (χ2n) is 8.53. The number of hydrogen-bond donors (Lipinski definition) is 1. The van der Waals surface area contributed by atoms with E-state index in [1.807, 2.05) is 17.5 Å². The van der Waals surface area contributed by atoms with E-state index in [0.29, 0.717) is 0 Å². The van der Waals surface area contributed by atoms with Gasteiger partial charge >= 0.3 is 5.97 Å². The number of hydrogen-bond acceptors (Lipinski definition) is 4. The molecule has 0 spiro atoms. The number of rotatable bonds is 6. The molecule has 1 aromatic rings. The third kappa shape index (κ3) is 3.73. The van der Waals surface area contributed by atoms with Crippen molar-refractivity contribution in [1.29, 1.82) is 0 Å². The van der Waals surface area contributed by atoms with Gasteiger partial charge in [-0.25, -0.2) is 4.79 Å². The van der Waals surface area contributed by atoms with Gasteiger partial charge in [-0.3, -0.25) is 4.79 Å². The quantitative estimate of drug-likeness (QED) is 0.605. The van der Waals surface area contributed by atoms with Gasteiger partial charge in [0.25, 0.3) is 5.91 Å². The molecular weight excluding hydrogens is 346 g/mol. The van der Waals surface area contributed by atoms with Crippen molar-refractivity contribution in [3.8, 4) is 0 Å². The lowest BCUT2D eigenvalue weighted by atomic mass is 9.48. The highest BCUT2D eigenvalue weighted by Crippen LogP contribution is 2.61. The third-order valence-electron chi connectivity index (χ3n) is 6.65. The first-order valence-electron chi connectivity index (χ1n) is 9.70. The maximum Gasteiger partial charge on any atom is 0.331 e. The van der Waals surface area contributed by atoms with E-state index in [9.17, 15) is 9.59 Å². The number of carbonyl (C=O) groups excluding carboxylic acids is 2. The molecule has 5 heteroatoms. The number of amides is 1. The van der Waals surface area contributed by atoms with Gasteiger partial charge in [-0.1, -0.05) is 6.07 Å². The molecule has 1 aromatic heterocycles. The van der Waals surface area contributed by atoms with Gasteiger partial charge in [0, 0.05) is 17.0 Å². The molecule has 0 saturated heterocycles. The molecule has 140 valence electrons. The summed E-state index contributed by atoms with van der Waals surface area (Å²) in [5.41, 5.74) is 0.271. The smallest absolute Gasteiger partial charge is 0.331 e. The molecule has 0 unspecified atom stereocenters. The molecule has 4 aliphatic carbocycles. The molecule has 1 N–H and O–H groups in total. The Balaban J connectivity index is 1.26. The molecule has 26 heavy (non-hydrogen) atoms. The van der Waals surface area contributed by atoms with Crippen LogP contribution in [0.5, 0.6) is 0 Å². The first kappa shape index (κ1) is 17.8. The summed E-state index contributed by atoms with van der Waals surface area (Å²) in [6.45, 7) is 1.94. The standard InChI is InChI=1S/C21H27NO3S/c1-14(21-10-15-7-16(11-21)9-17(8-15)12-21)22-19(23)13-25-20(24)5-4-18-3-2-6-26-18/h2-6,14-17H,7-13H2,1H3,(H,22,23)/b5-4+/t14-,15?,16?,17?,21?/m1/s1. The molecular formula is C21H27NO3S. The fraction of sp³-hybridized carbons (Fsp3) is 0.619. The van der Waals surface area contributed by atoms with Gasteiger partial charge < -0.3 is 10.1 Å². The summed E-state index contributed by atoms with van der Waals surface area (Å²) >= 11 is 1.55. The van der Waals surface area contributed by atoms with E-state index >= 15 is 0 Å². The zero-order chi connectivity index (χ0) is 18.1. The molecule has 1 atom stereocenters. The summed E-state index contributed by atoms with van der Waals surface area (Å²) in [6.07, 6.45) is 11.0. The second-order valence-corrected chi connectivity index (χ2v) is 9.50. The lowest BCUT2D eigenvalue weighted by Crippen LogP contribution is -2.56. The van der Waals surface area contributed by atoms with Crippen molar-refractivity contribution in [2.24, 2.45) is 23.2 Å². The Morgan fingerprint density at radius 3 is 2.50 bits per heavy atom. The lowest BCUT2D eigenvalue weighted by molar-refractivity contribution is -0.145. The van der Waals surface area contributed by atoms with Crippen LogP contribution < -0.4 is 5.32 Å². The van der Waals surface area contributed by atoms with Crippen molar-refractivity contribution >= 4 is 29.3 Å². The Morgan fingerprint density at radius 1 is 1.27 bits per heavy atom. The van der Waals surface area contributed by atoms with Crippen LogP contribution in [0.1, 0.15) is 50.3 Å². The van der Waals surface area contributed by atoms with Crippen molar-refractivity contribution in [3.05, 3.63) is 28.5 Å². The van der Waals surface area contributed by atoms with Crippen LogP contribution in [0.4, 0.5) is 0 Å². The van der Waals surface area contributed by atoms with Gasteiger partial charge in [0.15, 0.2) is 6.61 Å². The van der Waals surface area contributed by atoms with Crippen molar-refractivity contribution < 1.29 is 14.3 Å². The van der Waals surface area contributed by atoms with Crippen molar-refractivity contribution in [1.82, 2.24) is 5.32 Å². The molecule has 1 heterocycles. The molecule has 4 fully saturated rings. The normalized spacial score (nSPS) is 33.3. The van der Waals surface area contributed by atoms with E-state index in [-0.39, 0.29) is 24.0 Å². The highest BCUT2D eigenvalue weighted by molar-refractivity contribution is 7.10. The summed E-state index contributed by atoms with van der Waals surface area (Å²) in [7, 11) is 0. The Labute approximate surface area is 159 Å². The maximum absolute atomic E-state index is 12.3. The van der Waals surface area contributed by atoms with Gasteiger partial charge in [0.05, 0.1) is 0 Å². The largest absolute Gasteiger partial charge is 0.452 e. The SMILES string of the molecule is C[C@@H](NC(=O)COC(=O)/C=C/c1cccs1)C12CC3CC(CC(C3)C1)C2. The average Bonchev–Trinajstić information content (AvgIpc) is 3.10. The predicted octanol–water partition coefficient (Wildman–Crippen LogP) is 4.03. The molecule has 4 nitrogen and oxygen atoms in total. The molecule has 4 bridgehead atoms. The van der Waals surface area contributed by atoms with Crippen LogP contribution in [0.25, 0.3) is 6.08 Å². The van der Waals surface area contributed by atoms with E-state index < -0.39 is 5.97 Å². The number of thiophene rings is 1. The maximum atomic E-state index is 12.3. The molecule has 4 saturated carbocycles. The zero-order valence-electron chi connectivity index (χ0n) is 15.3. The number of carbonyl (C=O) groups is 2.